The van der Waals surface area contributed by atoms with E-state index in [1.54, 1.807) is 48.5 Å². The molecule has 6 rings (SSSR count). The minimum absolute atomic E-state index is 0.0245. The average Bonchev–Trinajstić information content (AvgIpc) is 3.16. The van der Waals surface area contributed by atoms with Crippen molar-refractivity contribution in [2.75, 3.05) is 29.4 Å². The molecule has 11 heteroatoms. The van der Waals surface area contributed by atoms with Gasteiger partial charge in [0.2, 0.25) is 0 Å². The fraction of sp³-hybridized carbons (Fsp3) is 0.152. The molecule has 0 unspecified atom stereocenters. The largest absolute Gasteiger partial charge is 0.480 e. The number of benzene rings is 4. The zero-order valence-electron chi connectivity index (χ0n) is 23.3. The third-order valence-electron chi connectivity index (χ3n) is 7.76. The molecule has 0 radical (unpaired) electrons. The van der Waals surface area contributed by atoms with Crippen molar-refractivity contribution in [1.82, 2.24) is 9.80 Å². The molecule has 0 spiro atoms. The lowest BCUT2D eigenvalue weighted by atomic mass is 10.0. The van der Waals surface area contributed by atoms with Gasteiger partial charge in [-0.2, -0.15) is 0 Å². The molecule has 1 N–H and O–H groups in total. The summed E-state index contributed by atoms with van der Waals surface area (Å²) in [6.07, 6.45) is 0.0736. The van der Waals surface area contributed by atoms with E-state index in [0.717, 1.165) is 0 Å². The van der Waals surface area contributed by atoms with Crippen LogP contribution in [-0.2, 0) is 11.2 Å². The van der Waals surface area contributed by atoms with Crippen LogP contribution in [0.2, 0.25) is 0 Å². The minimum atomic E-state index is -1.43. The van der Waals surface area contributed by atoms with Gasteiger partial charge in [-0.15, -0.1) is 0 Å². The van der Waals surface area contributed by atoms with Crippen LogP contribution in [-0.4, -0.2) is 64.4 Å². The highest BCUT2D eigenvalue weighted by Crippen LogP contribution is 2.37. The summed E-state index contributed by atoms with van der Waals surface area (Å²) in [5.74, 6) is -2.53. The number of fused-ring (bicyclic) bond motifs is 2. The Labute approximate surface area is 251 Å². The molecule has 9 nitrogen and oxygen atoms in total. The Hall–Kier alpha value is -5.58. The molecule has 4 amide bonds. The zero-order valence-corrected chi connectivity index (χ0v) is 23.3. The molecular formula is C33H26F2N4O5. The number of carbonyl (C=O) groups is 4. The van der Waals surface area contributed by atoms with E-state index in [4.69, 9.17) is 0 Å². The van der Waals surface area contributed by atoms with Crippen molar-refractivity contribution in [2.24, 2.45) is 0 Å². The topological polar surface area (TPSA) is 101 Å². The number of carboxylic acids is 1. The molecule has 2 aliphatic heterocycles. The number of Topliss-reactive ketones (excluding diaryl/α,β-unsaturated/α-hetero) is 1. The number of hydrogen-bond acceptors (Lipinski definition) is 4. The van der Waals surface area contributed by atoms with Gasteiger partial charge < -0.3 is 14.9 Å². The summed E-state index contributed by atoms with van der Waals surface area (Å²) in [7, 11) is 0. The quantitative estimate of drug-likeness (QED) is 0.313. The van der Waals surface area contributed by atoms with Crippen LogP contribution in [0.3, 0.4) is 0 Å². The molecule has 1 fully saturated rings. The summed E-state index contributed by atoms with van der Waals surface area (Å²) in [5, 5.41) is 10.3. The number of urea groups is 2. The second kappa shape index (κ2) is 11.6. The van der Waals surface area contributed by atoms with Gasteiger partial charge in [0.05, 0.1) is 29.3 Å². The molecule has 2 heterocycles. The number of piperazine rings is 1. The van der Waals surface area contributed by atoms with Crippen LogP contribution in [0, 0.1) is 11.6 Å². The first-order valence-corrected chi connectivity index (χ1v) is 13.9. The maximum Gasteiger partial charge on any atom is 0.330 e. The number of ketones is 1. The van der Waals surface area contributed by atoms with Crippen molar-refractivity contribution in [3.8, 4) is 0 Å². The number of hydrogen-bond donors (Lipinski definition) is 1. The predicted octanol–water partition coefficient (Wildman–Crippen LogP) is 5.99. The van der Waals surface area contributed by atoms with E-state index < -0.39 is 35.7 Å². The van der Waals surface area contributed by atoms with E-state index in [0.29, 0.717) is 22.5 Å². The molecule has 4 aromatic carbocycles. The van der Waals surface area contributed by atoms with E-state index >= 15 is 0 Å². The summed E-state index contributed by atoms with van der Waals surface area (Å²) >= 11 is 0. The molecule has 0 aliphatic carbocycles. The lowest BCUT2D eigenvalue weighted by Crippen LogP contribution is -2.62. The predicted molar refractivity (Wildman–Crippen MR) is 158 cm³/mol. The lowest BCUT2D eigenvalue weighted by molar-refractivity contribution is -0.143. The summed E-state index contributed by atoms with van der Waals surface area (Å²) in [6.45, 7) is -0.505. The summed E-state index contributed by atoms with van der Waals surface area (Å²) in [6, 6.07) is 21.2. The number of halogens is 2. The highest BCUT2D eigenvalue weighted by atomic mass is 19.1. The number of nitrogens with zero attached hydrogens (tertiary/aromatic N) is 4. The van der Waals surface area contributed by atoms with E-state index in [9.17, 15) is 33.1 Å². The second-order valence-electron chi connectivity index (χ2n) is 10.4. The van der Waals surface area contributed by atoms with Gasteiger partial charge in [-0.3, -0.25) is 14.6 Å². The molecule has 0 saturated carbocycles. The Kier molecular flexibility index (Phi) is 7.52. The van der Waals surface area contributed by atoms with Crippen LogP contribution in [0.25, 0.3) is 0 Å². The Morgan fingerprint density at radius 2 is 1.32 bits per heavy atom. The van der Waals surface area contributed by atoms with Gasteiger partial charge in [-0.1, -0.05) is 30.3 Å². The van der Waals surface area contributed by atoms with Crippen molar-refractivity contribution < 1.29 is 33.1 Å². The van der Waals surface area contributed by atoms with Gasteiger partial charge in [0.1, 0.15) is 17.7 Å². The highest BCUT2D eigenvalue weighted by molar-refractivity contribution is 6.12. The standard InChI is InChI=1S/C33H26F2N4O5/c34-22-9-13-24(14-10-22)38(25-15-11-23(35)12-16-25)32(43)36-17-18-37(29(20-36)31(41)42)33(44)39-27-7-3-1-5-21(27)19-30(40)26-6-2-4-8-28(26)39/h1-16,29H,17-20H2,(H,41,42)/t29-/m0/s1. The number of aliphatic carboxylic acids is 1. The monoisotopic (exact) mass is 596 g/mol. The van der Waals surface area contributed by atoms with Gasteiger partial charge >= 0.3 is 18.0 Å². The number of carbonyl (C=O) groups excluding carboxylic acids is 3. The Morgan fingerprint density at radius 3 is 1.93 bits per heavy atom. The molecule has 1 saturated heterocycles. The first-order valence-electron chi connectivity index (χ1n) is 13.9. The lowest BCUT2D eigenvalue weighted by Gasteiger charge is -2.42. The molecule has 4 aromatic rings. The summed E-state index contributed by atoms with van der Waals surface area (Å²) in [4.78, 5) is 59.0. The number of rotatable bonds is 3. The first-order chi connectivity index (χ1) is 21.2. The first kappa shape index (κ1) is 28.5. The molecule has 222 valence electrons. The van der Waals surface area contributed by atoms with Crippen LogP contribution in [0.15, 0.2) is 97.1 Å². The maximum atomic E-state index is 14.3. The minimum Gasteiger partial charge on any atom is -0.480 e. The van der Waals surface area contributed by atoms with Crippen LogP contribution in [0.5, 0.6) is 0 Å². The van der Waals surface area contributed by atoms with Gasteiger partial charge in [-0.25, -0.2) is 23.2 Å². The fourth-order valence-electron chi connectivity index (χ4n) is 5.60. The van der Waals surface area contributed by atoms with Gasteiger partial charge in [0.25, 0.3) is 0 Å². The summed E-state index contributed by atoms with van der Waals surface area (Å²) in [5.41, 5.74) is 2.35. The van der Waals surface area contributed by atoms with Crippen LogP contribution < -0.4 is 9.80 Å². The molecule has 44 heavy (non-hydrogen) atoms. The third kappa shape index (κ3) is 5.24. The van der Waals surface area contributed by atoms with Crippen LogP contribution in [0.1, 0.15) is 15.9 Å². The number of carboxylic acid groups (broad SMARTS) is 1. The SMILES string of the molecule is O=C1Cc2ccccc2N(C(=O)N2CCN(C(=O)N(c3ccc(F)cc3)c3ccc(F)cc3)C[C@H]2C(=O)O)c2ccccc21. The normalized spacial score (nSPS) is 16.1. The van der Waals surface area contributed by atoms with Gasteiger partial charge in [-0.05, 0) is 72.3 Å². The van der Waals surface area contributed by atoms with E-state index in [2.05, 4.69) is 0 Å². The van der Waals surface area contributed by atoms with Crippen molar-refractivity contribution in [1.29, 1.82) is 0 Å². The van der Waals surface area contributed by atoms with E-state index in [1.165, 1.54) is 68.1 Å². The van der Waals surface area contributed by atoms with Crippen molar-refractivity contribution in [2.45, 2.75) is 12.5 Å². The Balaban J connectivity index is 1.33. The smallest absolute Gasteiger partial charge is 0.330 e. The van der Waals surface area contributed by atoms with Crippen LogP contribution >= 0.6 is 0 Å². The molecule has 1 atom stereocenters. The van der Waals surface area contributed by atoms with E-state index in [1.807, 2.05) is 0 Å². The number of anilines is 4. The fourth-order valence-corrected chi connectivity index (χ4v) is 5.60. The number of amides is 4. The molecule has 0 bridgehead atoms. The Morgan fingerprint density at radius 1 is 0.750 bits per heavy atom. The third-order valence-corrected chi connectivity index (χ3v) is 7.76. The second-order valence-corrected chi connectivity index (χ2v) is 10.4. The van der Waals surface area contributed by atoms with Crippen molar-refractivity contribution >= 4 is 46.6 Å². The van der Waals surface area contributed by atoms with Gasteiger partial charge in [0, 0.05) is 25.1 Å². The van der Waals surface area contributed by atoms with E-state index in [-0.39, 0.29) is 43.2 Å². The highest BCUT2D eigenvalue weighted by Gasteiger charge is 2.42. The average molecular weight is 597 g/mol. The van der Waals surface area contributed by atoms with Crippen LogP contribution in [0.4, 0.5) is 41.1 Å². The molecule has 0 aromatic heterocycles. The summed E-state index contributed by atoms with van der Waals surface area (Å²) < 4.78 is 27.4. The molecule has 2 aliphatic rings. The maximum absolute atomic E-state index is 14.3. The number of para-hydroxylation sites is 2. The Bertz CT molecular complexity index is 1720. The zero-order chi connectivity index (χ0) is 31.0. The van der Waals surface area contributed by atoms with Gasteiger partial charge in [0.15, 0.2) is 5.78 Å². The van der Waals surface area contributed by atoms with Crippen molar-refractivity contribution in [3.63, 3.8) is 0 Å². The molecular weight excluding hydrogens is 570 g/mol. The van der Waals surface area contributed by atoms with Crippen molar-refractivity contribution in [3.05, 3.63) is 120 Å².